The van der Waals surface area contributed by atoms with Crippen LogP contribution in [0, 0.1) is 5.92 Å². The highest BCUT2D eigenvalue weighted by Crippen LogP contribution is 2.18. The molecule has 0 bridgehead atoms. The first-order chi connectivity index (χ1) is 13.1. The van der Waals surface area contributed by atoms with Crippen molar-refractivity contribution in [1.82, 2.24) is 4.57 Å². The lowest BCUT2D eigenvalue weighted by atomic mass is 9.96. The van der Waals surface area contributed by atoms with Crippen LogP contribution in [0.2, 0.25) is 5.02 Å². The Morgan fingerprint density at radius 2 is 1.93 bits per heavy atom. The van der Waals surface area contributed by atoms with Gasteiger partial charge in [-0.3, -0.25) is 4.79 Å². The number of oxazole rings is 1. The van der Waals surface area contributed by atoms with Crippen LogP contribution in [0.25, 0.3) is 11.1 Å². The third-order valence-corrected chi connectivity index (χ3v) is 5.35. The Kier molecular flexibility index (Phi) is 5.01. The molecule has 7 heteroatoms. The molecule has 0 aliphatic carbocycles. The molecule has 1 aliphatic heterocycles. The van der Waals surface area contributed by atoms with Crippen LogP contribution in [-0.2, 0) is 11.5 Å². The van der Waals surface area contributed by atoms with Gasteiger partial charge in [0.25, 0.3) is 0 Å². The summed E-state index contributed by atoms with van der Waals surface area (Å²) in [6.07, 6.45) is 1.59. The number of likely N-dealkylation sites (tertiary alicyclic amines) is 1. The predicted molar refractivity (Wildman–Crippen MR) is 104 cm³/mol. The maximum absolute atomic E-state index is 12.4. The number of benzene rings is 2. The first-order valence-corrected chi connectivity index (χ1v) is 9.46. The zero-order chi connectivity index (χ0) is 18.8. The van der Waals surface area contributed by atoms with Gasteiger partial charge >= 0.3 is 5.76 Å². The van der Waals surface area contributed by atoms with E-state index in [9.17, 15) is 9.59 Å². The van der Waals surface area contributed by atoms with E-state index in [0.29, 0.717) is 17.3 Å². The van der Waals surface area contributed by atoms with E-state index in [1.807, 2.05) is 36.4 Å². The van der Waals surface area contributed by atoms with Gasteiger partial charge < -0.3 is 14.6 Å². The SMILES string of the molecule is O=C(Nc1ccccc1)C1CC[NH+](Cn2c(=O)oc3cc(Cl)ccc32)CC1. The van der Waals surface area contributed by atoms with Crippen LogP contribution in [0.15, 0.2) is 57.7 Å². The second-order valence-electron chi connectivity index (χ2n) is 6.95. The summed E-state index contributed by atoms with van der Waals surface area (Å²) >= 11 is 5.96. The zero-order valence-electron chi connectivity index (χ0n) is 14.8. The highest BCUT2D eigenvalue weighted by molar-refractivity contribution is 6.31. The number of piperidine rings is 1. The van der Waals surface area contributed by atoms with Gasteiger partial charge in [0.2, 0.25) is 5.91 Å². The summed E-state index contributed by atoms with van der Waals surface area (Å²) in [4.78, 5) is 25.9. The topological polar surface area (TPSA) is 68.7 Å². The molecule has 0 atom stereocenters. The van der Waals surface area contributed by atoms with Crippen molar-refractivity contribution < 1.29 is 14.1 Å². The number of rotatable bonds is 4. The molecule has 2 aromatic carbocycles. The minimum absolute atomic E-state index is 0.00517. The maximum atomic E-state index is 12.4. The van der Waals surface area contributed by atoms with Crippen molar-refractivity contribution in [3.63, 3.8) is 0 Å². The van der Waals surface area contributed by atoms with Gasteiger partial charge in [-0.2, -0.15) is 0 Å². The Balaban J connectivity index is 1.38. The number of amides is 1. The van der Waals surface area contributed by atoms with Crippen molar-refractivity contribution in [3.8, 4) is 0 Å². The van der Waals surface area contributed by atoms with Gasteiger partial charge in [-0.15, -0.1) is 0 Å². The second kappa shape index (κ2) is 7.58. The molecule has 1 aliphatic rings. The van der Waals surface area contributed by atoms with Crippen LogP contribution in [0.4, 0.5) is 5.69 Å². The fraction of sp³-hybridized carbons (Fsp3) is 0.300. The number of carbonyl (C=O) groups excluding carboxylic acids is 1. The average molecular weight is 387 g/mol. The maximum Gasteiger partial charge on any atom is 0.424 e. The molecule has 140 valence electrons. The molecule has 4 rings (SSSR count). The van der Waals surface area contributed by atoms with E-state index in [2.05, 4.69) is 5.32 Å². The highest BCUT2D eigenvalue weighted by Gasteiger charge is 2.28. The largest absolute Gasteiger partial charge is 0.424 e. The first kappa shape index (κ1) is 17.8. The number of anilines is 1. The zero-order valence-corrected chi connectivity index (χ0v) is 15.5. The van der Waals surface area contributed by atoms with E-state index in [4.69, 9.17) is 16.0 Å². The monoisotopic (exact) mass is 386 g/mol. The van der Waals surface area contributed by atoms with Crippen LogP contribution in [0.5, 0.6) is 0 Å². The molecule has 0 radical (unpaired) electrons. The molecule has 0 unspecified atom stereocenters. The summed E-state index contributed by atoms with van der Waals surface area (Å²) in [7, 11) is 0. The van der Waals surface area contributed by atoms with Crippen LogP contribution < -0.4 is 16.0 Å². The minimum Gasteiger partial charge on any atom is -0.408 e. The van der Waals surface area contributed by atoms with Crippen molar-refractivity contribution in [2.45, 2.75) is 19.5 Å². The van der Waals surface area contributed by atoms with E-state index in [1.54, 1.807) is 16.7 Å². The van der Waals surface area contributed by atoms with Gasteiger partial charge in [0.15, 0.2) is 12.3 Å². The molecule has 1 aromatic heterocycles. The summed E-state index contributed by atoms with van der Waals surface area (Å²) < 4.78 is 6.94. The van der Waals surface area contributed by atoms with Gasteiger partial charge in [0.05, 0.1) is 18.6 Å². The average Bonchev–Trinajstić information content (AvgIpc) is 2.97. The van der Waals surface area contributed by atoms with Crippen LogP contribution in [0.1, 0.15) is 12.8 Å². The van der Waals surface area contributed by atoms with E-state index < -0.39 is 0 Å². The van der Waals surface area contributed by atoms with Crippen molar-refractivity contribution in [2.24, 2.45) is 5.92 Å². The van der Waals surface area contributed by atoms with Crippen molar-refractivity contribution in [1.29, 1.82) is 0 Å². The second-order valence-corrected chi connectivity index (χ2v) is 7.38. The number of nitrogens with one attached hydrogen (secondary N) is 2. The summed E-state index contributed by atoms with van der Waals surface area (Å²) in [5.74, 6) is -0.296. The van der Waals surface area contributed by atoms with E-state index in [1.165, 1.54) is 4.90 Å². The number of nitrogens with zero attached hydrogens (tertiary/aromatic N) is 1. The Bertz CT molecular complexity index is 1000. The summed E-state index contributed by atoms with van der Waals surface area (Å²) in [6.45, 7) is 2.19. The van der Waals surface area contributed by atoms with Crippen molar-refractivity contribution in [2.75, 3.05) is 18.4 Å². The lowest BCUT2D eigenvalue weighted by Crippen LogP contribution is -3.12. The number of fused-ring (bicyclic) bond motifs is 1. The normalized spacial score (nSPS) is 19.9. The van der Waals surface area contributed by atoms with Gasteiger partial charge in [-0.25, -0.2) is 9.36 Å². The molecule has 6 nitrogen and oxygen atoms in total. The van der Waals surface area contributed by atoms with E-state index in [0.717, 1.165) is 37.1 Å². The minimum atomic E-state index is -0.372. The molecule has 27 heavy (non-hydrogen) atoms. The Morgan fingerprint density at radius 1 is 1.19 bits per heavy atom. The quantitative estimate of drug-likeness (QED) is 0.721. The Morgan fingerprint density at radius 3 is 2.67 bits per heavy atom. The predicted octanol–water partition coefficient (Wildman–Crippen LogP) is 2.14. The third kappa shape index (κ3) is 3.91. The van der Waals surface area contributed by atoms with Crippen molar-refractivity contribution >= 4 is 34.3 Å². The van der Waals surface area contributed by atoms with Crippen LogP contribution in [-0.4, -0.2) is 23.6 Å². The number of hydrogen-bond donors (Lipinski definition) is 2. The molecule has 1 amide bonds. The molecule has 3 aromatic rings. The first-order valence-electron chi connectivity index (χ1n) is 9.08. The number of aromatic nitrogens is 1. The smallest absolute Gasteiger partial charge is 0.408 e. The molecular weight excluding hydrogens is 366 g/mol. The van der Waals surface area contributed by atoms with Gasteiger partial charge in [-0.1, -0.05) is 29.8 Å². The third-order valence-electron chi connectivity index (χ3n) is 5.12. The molecule has 1 fully saturated rings. The van der Waals surface area contributed by atoms with E-state index >= 15 is 0 Å². The Hall–Kier alpha value is -2.57. The lowest BCUT2D eigenvalue weighted by molar-refractivity contribution is -0.928. The summed E-state index contributed by atoms with van der Waals surface area (Å²) in [5, 5.41) is 3.52. The number of carbonyl (C=O) groups is 1. The van der Waals surface area contributed by atoms with Gasteiger partial charge in [0.1, 0.15) is 0 Å². The molecule has 1 saturated heterocycles. The lowest BCUT2D eigenvalue weighted by Gasteiger charge is -2.28. The van der Waals surface area contributed by atoms with Gasteiger partial charge in [0, 0.05) is 35.5 Å². The summed E-state index contributed by atoms with van der Waals surface area (Å²) in [6, 6.07) is 14.7. The number of halogens is 1. The van der Waals surface area contributed by atoms with Crippen LogP contribution >= 0.6 is 11.6 Å². The molecule has 0 saturated carbocycles. The molecule has 2 N–H and O–H groups in total. The number of hydrogen-bond acceptors (Lipinski definition) is 3. The number of para-hydroxylation sites is 1. The highest BCUT2D eigenvalue weighted by atomic mass is 35.5. The summed E-state index contributed by atoms with van der Waals surface area (Å²) in [5.41, 5.74) is 2.08. The molecule has 2 heterocycles. The van der Waals surface area contributed by atoms with E-state index in [-0.39, 0.29) is 17.6 Å². The van der Waals surface area contributed by atoms with Gasteiger partial charge in [-0.05, 0) is 24.3 Å². The molecule has 0 spiro atoms. The standard InChI is InChI=1S/C20H20ClN3O3/c21-15-6-7-17-18(12-15)27-20(26)24(17)13-23-10-8-14(9-11-23)19(25)22-16-4-2-1-3-5-16/h1-7,12,14H,8-11,13H2,(H,22,25)/p+1. The molecular formula is C20H21ClN3O3+. The fourth-order valence-electron chi connectivity index (χ4n) is 3.63. The Labute approximate surface area is 161 Å². The van der Waals surface area contributed by atoms with Crippen LogP contribution in [0.3, 0.4) is 0 Å². The fourth-order valence-corrected chi connectivity index (χ4v) is 3.79. The number of quaternary nitrogens is 1. The van der Waals surface area contributed by atoms with Crippen molar-refractivity contribution in [3.05, 3.63) is 64.1 Å².